The van der Waals surface area contributed by atoms with Gasteiger partial charge in [-0.25, -0.2) is 4.39 Å². The van der Waals surface area contributed by atoms with Gasteiger partial charge in [0.1, 0.15) is 11.4 Å². The van der Waals surface area contributed by atoms with Crippen LogP contribution < -0.4 is 0 Å². The molecule has 1 saturated heterocycles. The van der Waals surface area contributed by atoms with E-state index in [4.69, 9.17) is 0 Å². The Morgan fingerprint density at radius 3 is 2.30 bits per heavy atom. The number of nitrogens with zero attached hydrogens (tertiary/aromatic N) is 4. The van der Waals surface area contributed by atoms with Crippen molar-refractivity contribution in [2.75, 3.05) is 13.1 Å². The fourth-order valence-electron chi connectivity index (χ4n) is 3.85. The molecule has 1 aliphatic heterocycles. The number of alkyl halides is 4. The highest BCUT2D eigenvalue weighted by molar-refractivity contribution is 6.00. The summed E-state index contributed by atoms with van der Waals surface area (Å²) in [4.78, 5) is 26.4. The van der Waals surface area contributed by atoms with Crippen LogP contribution in [-0.2, 0) is 6.18 Å². The number of likely N-dealkylation sites (tertiary alicyclic amines) is 1. The third-order valence-corrected chi connectivity index (χ3v) is 5.78. The minimum atomic E-state index is -4.57. The van der Waals surface area contributed by atoms with Gasteiger partial charge in [-0.3, -0.25) is 19.7 Å². The van der Waals surface area contributed by atoms with Crippen LogP contribution in [0.2, 0.25) is 0 Å². The molecule has 3 aromatic heterocycles. The summed E-state index contributed by atoms with van der Waals surface area (Å²) in [5.41, 5.74) is -0.959. The molecule has 4 rings (SSSR count). The van der Waals surface area contributed by atoms with Gasteiger partial charge in [0, 0.05) is 56.3 Å². The van der Waals surface area contributed by atoms with Gasteiger partial charge in [-0.2, -0.15) is 13.2 Å². The standard InChI is InChI=1S/C24H20F4N4O/c1-16(18-4-5-20(31-15-18)24(26,27)28)23(25)8-13-32(14-9-23)22(33)19-3-2-10-30-21(19)17-6-11-29-12-7-17/h2-7,10-12,15H,1,8-9,13-14H2. The predicted molar refractivity (Wildman–Crippen MR) is 115 cm³/mol. The summed E-state index contributed by atoms with van der Waals surface area (Å²) in [5.74, 6) is -0.265. The summed E-state index contributed by atoms with van der Waals surface area (Å²) in [6.07, 6.45) is 1.18. The molecule has 5 nitrogen and oxygen atoms in total. The summed E-state index contributed by atoms with van der Waals surface area (Å²) in [6, 6.07) is 8.84. The van der Waals surface area contributed by atoms with E-state index in [1.54, 1.807) is 47.8 Å². The quantitative estimate of drug-likeness (QED) is 0.506. The second kappa shape index (κ2) is 8.73. The summed E-state index contributed by atoms with van der Waals surface area (Å²) < 4.78 is 53.9. The number of amides is 1. The van der Waals surface area contributed by atoms with Crippen LogP contribution in [0.1, 0.15) is 34.5 Å². The average Bonchev–Trinajstić information content (AvgIpc) is 2.84. The van der Waals surface area contributed by atoms with Crippen molar-refractivity contribution in [3.63, 3.8) is 0 Å². The van der Waals surface area contributed by atoms with Gasteiger partial charge in [0.25, 0.3) is 5.91 Å². The van der Waals surface area contributed by atoms with Crippen molar-refractivity contribution in [2.24, 2.45) is 0 Å². The number of aromatic nitrogens is 3. The van der Waals surface area contributed by atoms with E-state index in [1.807, 2.05) is 0 Å². The molecule has 4 heterocycles. The smallest absolute Gasteiger partial charge is 0.338 e. The molecule has 9 heteroatoms. The molecule has 0 radical (unpaired) electrons. The van der Waals surface area contributed by atoms with Crippen LogP contribution in [0.25, 0.3) is 16.8 Å². The lowest BCUT2D eigenvalue weighted by Gasteiger charge is -2.37. The molecular formula is C24H20F4N4O. The van der Waals surface area contributed by atoms with E-state index in [1.165, 1.54) is 6.07 Å². The average molecular weight is 456 g/mol. The number of rotatable bonds is 4. The molecule has 0 saturated carbocycles. The number of halogens is 4. The van der Waals surface area contributed by atoms with Crippen LogP contribution in [0.4, 0.5) is 17.6 Å². The van der Waals surface area contributed by atoms with Gasteiger partial charge in [0.15, 0.2) is 0 Å². The molecule has 0 atom stereocenters. The van der Waals surface area contributed by atoms with Crippen molar-refractivity contribution in [3.05, 3.63) is 84.6 Å². The Balaban J connectivity index is 1.48. The second-order valence-electron chi connectivity index (χ2n) is 7.80. The molecule has 1 amide bonds. The topological polar surface area (TPSA) is 59.0 Å². The number of pyridine rings is 3. The van der Waals surface area contributed by atoms with E-state index in [0.717, 1.165) is 17.8 Å². The van der Waals surface area contributed by atoms with Gasteiger partial charge < -0.3 is 4.90 Å². The van der Waals surface area contributed by atoms with E-state index < -0.39 is 17.5 Å². The van der Waals surface area contributed by atoms with Crippen molar-refractivity contribution in [1.82, 2.24) is 19.9 Å². The Hall–Kier alpha value is -3.62. The summed E-state index contributed by atoms with van der Waals surface area (Å²) in [7, 11) is 0. The van der Waals surface area contributed by atoms with Crippen molar-refractivity contribution in [1.29, 1.82) is 0 Å². The third-order valence-electron chi connectivity index (χ3n) is 5.78. The molecule has 0 bridgehead atoms. The monoisotopic (exact) mass is 456 g/mol. The second-order valence-corrected chi connectivity index (χ2v) is 7.80. The highest BCUT2D eigenvalue weighted by atomic mass is 19.4. The number of carbonyl (C=O) groups excluding carboxylic acids is 1. The fraction of sp³-hybridized carbons (Fsp3) is 0.250. The first-order chi connectivity index (χ1) is 15.7. The maximum Gasteiger partial charge on any atom is 0.433 e. The summed E-state index contributed by atoms with van der Waals surface area (Å²) in [5, 5.41) is 0. The van der Waals surface area contributed by atoms with Gasteiger partial charge >= 0.3 is 6.18 Å². The molecule has 0 aliphatic carbocycles. The zero-order chi connectivity index (χ0) is 23.6. The van der Waals surface area contributed by atoms with Crippen molar-refractivity contribution >= 4 is 11.5 Å². The highest BCUT2D eigenvalue weighted by Gasteiger charge is 2.40. The van der Waals surface area contributed by atoms with Crippen LogP contribution in [0.15, 0.2) is 67.8 Å². The van der Waals surface area contributed by atoms with Crippen LogP contribution in [0.3, 0.4) is 0 Å². The molecule has 0 aromatic carbocycles. The lowest BCUT2D eigenvalue weighted by Crippen LogP contribution is -2.45. The van der Waals surface area contributed by atoms with Crippen LogP contribution >= 0.6 is 0 Å². The Morgan fingerprint density at radius 1 is 1.00 bits per heavy atom. The Morgan fingerprint density at radius 2 is 1.70 bits per heavy atom. The van der Waals surface area contributed by atoms with Crippen LogP contribution in [0.5, 0.6) is 0 Å². The van der Waals surface area contributed by atoms with Gasteiger partial charge in [-0.1, -0.05) is 12.6 Å². The van der Waals surface area contributed by atoms with Crippen molar-refractivity contribution in [3.8, 4) is 11.3 Å². The number of piperidine rings is 1. The fourth-order valence-corrected chi connectivity index (χ4v) is 3.85. The van der Waals surface area contributed by atoms with E-state index >= 15 is 4.39 Å². The SMILES string of the molecule is C=C(c1ccc(C(F)(F)F)nc1)C1(F)CCN(C(=O)c2cccnc2-c2ccncc2)CC1. The van der Waals surface area contributed by atoms with Crippen molar-refractivity contribution < 1.29 is 22.4 Å². The molecule has 33 heavy (non-hydrogen) atoms. The normalized spacial score (nSPS) is 15.8. The van der Waals surface area contributed by atoms with Gasteiger partial charge in [0.2, 0.25) is 0 Å². The maximum absolute atomic E-state index is 15.7. The van der Waals surface area contributed by atoms with E-state index in [9.17, 15) is 18.0 Å². The molecule has 0 unspecified atom stereocenters. The molecule has 3 aromatic rings. The Labute approximate surface area is 187 Å². The van der Waals surface area contributed by atoms with E-state index in [0.29, 0.717) is 11.3 Å². The summed E-state index contributed by atoms with van der Waals surface area (Å²) in [6.45, 7) is 4.04. The highest BCUT2D eigenvalue weighted by Crippen LogP contribution is 2.39. The van der Waals surface area contributed by atoms with Crippen molar-refractivity contribution in [2.45, 2.75) is 24.7 Å². The van der Waals surface area contributed by atoms with E-state index in [-0.39, 0.29) is 43.0 Å². The summed E-state index contributed by atoms with van der Waals surface area (Å²) >= 11 is 0. The van der Waals surface area contributed by atoms with Crippen LogP contribution in [-0.4, -0.2) is 44.5 Å². The third kappa shape index (κ3) is 4.62. The number of hydrogen-bond donors (Lipinski definition) is 0. The molecule has 1 aliphatic rings. The zero-order valence-corrected chi connectivity index (χ0v) is 17.5. The molecule has 170 valence electrons. The largest absolute Gasteiger partial charge is 0.433 e. The Kier molecular flexibility index (Phi) is 5.97. The molecule has 0 N–H and O–H groups in total. The first-order valence-electron chi connectivity index (χ1n) is 10.3. The lowest BCUT2D eigenvalue weighted by atomic mass is 9.83. The zero-order valence-electron chi connectivity index (χ0n) is 17.5. The number of hydrogen-bond acceptors (Lipinski definition) is 4. The van der Waals surface area contributed by atoms with Crippen LogP contribution in [0, 0.1) is 0 Å². The first-order valence-corrected chi connectivity index (χ1v) is 10.3. The lowest BCUT2D eigenvalue weighted by molar-refractivity contribution is -0.141. The van der Waals surface area contributed by atoms with Gasteiger partial charge in [-0.05, 0) is 41.5 Å². The molecule has 1 fully saturated rings. The minimum Gasteiger partial charge on any atom is -0.338 e. The number of allylic oxidation sites excluding steroid dienone is 1. The Bertz CT molecular complexity index is 1160. The van der Waals surface area contributed by atoms with Gasteiger partial charge in [0.05, 0.1) is 11.3 Å². The molecular weight excluding hydrogens is 436 g/mol. The predicted octanol–water partition coefficient (Wildman–Crippen LogP) is 5.22. The van der Waals surface area contributed by atoms with E-state index in [2.05, 4.69) is 21.5 Å². The van der Waals surface area contributed by atoms with Gasteiger partial charge in [-0.15, -0.1) is 0 Å². The number of carbonyl (C=O) groups is 1. The molecule has 0 spiro atoms. The maximum atomic E-state index is 15.7. The first kappa shape index (κ1) is 22.6. The minimum absolute atomic E-state index is 0.0244.